The molecule has 0 aromatic heterocycles. The summed E-state index contributed by atoms with van der Waals surface area (Å²) in [5.41, 5.74) is 0. The predicted molar refractivity (Wildman–Crippen MR) is 60.7 cm³/mol. The topological polar surface area (TPSA) is 43.8 Å². The average molecular weight is 245 g/mol. The third-order valence-electron chi connectivity index (χ3n) is 2.27. The molecule has 0 saturated carbocycles. The molecule has 0 radical (unpaired) electrons. The first-order valence-corrected chi connectivity index (χ1v) is 4.39. The van der Waals surface area contributed by atoms with E-state index in [1.807, 2.05) is 4.90 Å². The normalized spacial score (nSPS) is 18.1. The van der Waals surface area contributed by atoms with E-state index in [0.717, 1.165) is 32.7 Å². The number of carbonyl (C=O) groups is 1. The van der Waals surface area contributed by atoms with Crippen LogP contribution in [0.1, 0.15) is 6.92 Å². The average Bonchev–Trinajstić information content (AvgIpc) is 2.05. The number of nitrogens with zero attached hydrogens (tertiary/aromatic N) is 2. The van der Waals surface area contributed by atoms with Crippen molar-refractivity contribution in [2.45, 2.75) is 6.92 Å². The highest BCUT2D eigenvalue weighted by molar-refractivity contribution is 5.85. The van der Waals surface area contributed by atoms with Gasteiger partial charge >= 0.3 is 5.97 Å². The van der Waals surface area contributed by atoms with Crippen LogP contribution in [0.25, 0.3) is 0 Å². The summed E-state index contributed by atoms with van der Waals surface area (Å²) in [5.74, 6) is -0.722. The largest absolute Gasteiger partial charge is 0.480 e. The molecule has 0 atom stereocenters. The summed E-state index contributed by atoms with van der Waals surface area (Å²) >= 11 is 0. The van der Waals surface area contributed by atoms with Crippen LogP contribution in [0, 0.1) is 0 Å². The maximum absolute atomic E-state index is 10.4. The molecule has 0 spiro atoms. The summed E-state index contributed by atoms with van der Waals surface area (Å²) in [6, 6.07) is 0. The molecule has 1 saturated heterocycles. The van der Waals surface area contributed by atoms with Gasteiger partial charge in [-0.25, -0.2) is 0 Å². The van der Waals surface area contributed by atoms with E-state index in [1.54, 1.807) is 0 Å². The van der Waals surface area contributed by atoms with E-state index in [2.05, 4.69) is 11.8 Å². The fraction of sp³-hybridized carbons (Fsp3) is 0.875. The lowest BCUT2D eigenvalue weighted by Crippen LogP contribution is -2.47. The number of carboxylic acids is 1. The molecule has 14 heavy (non-hydrogen) atoms. The Hall–Kier alpha value is -0.0300. The molecule has 0 aromatic rings. The van der Waals surface area contributed by atoms with Crippen LogP contribution in [-0.2, 0) is 4.79 Å². The van der Waals surface area contributed by atoms with Crippen molar-refractivity contribution in [3.63, 3.8) is 0 Å². The third kappa shape index (κ3) is 5.65. The molecule has 0 bridgehead atoms. The number of piperazine rings is 1. The van der Waals surface area contributed by atoms with Crippen molar-refractivity contribution in [1.82, 2.24) is 9.80 Å². The van der Waals surface area contributed by atoms with Gasteiger partial charge in [0.1, 0.15) is 0 Å². The summed E-state index contributed by atoms with van der Waals surface area (Å²) in [6.07, 6.45) is 0. The molecule has 0 aromatic carbocycles. The van der Waals surface area contributed by atoms with E-state index in [9.17, 15) is 4.79 Å². The van der Waals surface area contributed by atoms with Crippen LogP contribution in [0.3, 0.4) is 0 Å². The first-order valence-electron chi connectivity index (χ1n) is 4.39. The first kappa shape index (κ1) is 16.4. The number of rotatable bonds is 3. The number of halogens is 2. The van der Waals surface area contributed by atoms with Gasteiger partial charge < -0.3 is 10.0 Å². The fourth-order valence-corrected chi connectivity index (χ4v) is 1.45. The molecule has 1 aliphatic rings. The Morgan fingerprint density at radius 1 is 1.14 bits per heavy atom. The molecule has 1 aliphatic heterocycles. The van der Waals surface area contributed by atoms with Gasteiger partial charge in [-0.05, 0) is 6.54 Å². The van der Waals surface area contributed by atoms with Gasteiger partial charge in [-0.2, -0.15) is 0 Å². The molecule has 1 fully saturated rings. The van der Waals surface area contributed by atoms with Gasteiger partial charge in [0.05, 0.1) is 6.54 Å². The molecule has 86 valence electrons. The maximum Gasteiger partial charge on any atom is 0.317 e. The van der Waals surface area contributed by atoms with E-state index < -0.39 is 5.97 Å². The van der Waals surface area contributed by atoms with Crippen LogP contribution < -0.4 is 0 Å². The highest BCUT2D eigenvalue weighted by atomic mass is 35.5. The van der Waals surface area contributed by atoms with Gasteiger partial charge in [0.15, 0.2) is 0 Å². The Bertz CT molecular complexity index is 161. The van der Waals surface area contributed by atoms with Crippen LogP contribution >= 0.6 is 24.8 Å². The fourth-order valence-electron chi connectivity index (χ4n) is 1.45. The Morgan fingerprint density at radius 3 is 1.93 bits per heavy atom. The quantitative estimate of drug-likeness (QED) is 0.788. The molecule has 1 rings (SSSR count). The minimum Gasteiger partial charge on any atom is -0.480 e. The lowest BCUT2D eigenvalue weighted by Gasteiger charge is -2.32. The van der Waals surface area contributed by atoms with Gasteiger partial charge in [0.25, 0.3) is 0 Å². The Labute approximate surface area is 97.1 Å². The number of hydrogen-bond acceptors (Lipinski definition) is 3. The van der Waals surface area contributed by atoms with Crippen molar-refractivity contribution in [1.29, 1.82) is 0 Å². The van der Waals surface area contributed by atoms with Crippen LogP contribution in [0.4, 0.5) is 0 Å². The molecule has 0 amide bonds. The number of aliphatic carboxylic acids is 1. The van der Waals surface area contributed by atoms with Crippen molar-refractivity contribution in [3.8, 4) is 0 Å². The molecule has 1 N–H and O–H groups in total. The lowest BCUT2D eigenvalue weighted by molar-refractivity contribution is -0.138. The van der Waals surface area contributed by atoms with E-state index in [4.69, 9.17) is 5.11 Å². The summed E-state index contributed by atoms with van der Waals surface area (Å²) in [4.78, 5) is 14.7. The van der Waals surface area contributed by atoms with Gasteiger partial charge in [0, 0.05) is 26.2 Å². The van der Waals surface area contributed by atoms with Crippen LogP contribution in [0.2, 0.25) is 0 Å². The summed E-state index contributed by atoms with van der Waals surface area (Å²) in [5, 5.41) is 8.53. The van der Waals surface area contributed by atoms with Gasteiger partial charge in [-0.3, -0.25) is 9.69 Å². The molecule has 0 aliphatic carbocycles. The van der Waals surface area contributed by atoms with Crippen LogP contribution in [0.15, 0.2) is 0 Å². The molecule has 0 unspecified atom stereocenters. The van der Waals surface area contributed by atoms with Crippen molar-refractivity contribution in [2.75, 3.05) is 39.3 Å². The van der Waals surface area contributed by atoms with E-state index in [1.165, 1.54) is 0 Å². The number of hydrogen-bond donors (Lipinski definition) is 1. The highest BCUT2D eigenvalue weighted by Crippen LogP contribution is 1.99. The van der Waals surface area contributed by atoms with E-state index in [-0.39, 0.29) is 31.4 Å². The van der Waals surface area contributed by atoms with E-state index in [0.29, 0.717) is 0 Å². The van der Waals surface area contributed by atoms with E-state index >= 15 is 0 Å². The molecule has 1 heterocycles. The second kappa shape index (κ2) is 8.29. The minimum absolute atomic E-state index is 0. The molecule has 6 heteroatoms. The smallest absolute Gasteiger partial charge is 0.317 e. The van der Waals surface area contributed by atoms with Crippen LogP contribution in [0.5, 0.6) is 0 Å². The predicted octanol–water partition coefficient (Wildman–Crippen LogP) is 0.552. The van der Waals surface area contributed by atoms with Gasteiger partial charge in [-0.1, -0.05) is 6.92 Å². The molecular weight excluding hydrogens is 227 g/mol. The summed E-state index contributed by atoms with van der Waals surface area (Å²) in [7, 11) is 0. The maximum atomic E-state index is 10.4. The molecule has 4 nitrogen and oxygen atoms in total. The first-order chi connectivity index (χ1) is 5.72. The zero-order valence-electron chi connectivity index (χ0n) is 8.31. The Morgan fingerprint density at radius 2 is 1.57 bits per heavy atom. The highest BCUT2D eigenvalue weighted by Gasteiger charge is 2.16. The Balaban J connectivity index is 0. The van der Waals surface area contributed by atoms with Gasteiger partial charge in [-0.15, -0.1) is 24.8 Å². The standard InChI is InChI=1S/C8H16N2O2.2ClH/c1-2-9-3-5-10(6-4-9)7-8(11)12;;/h2-7H2,1H3,(H,11,12);2*1H. The molecular formula is C8H18Cl2N2O2. The minimum atomic E-state index is -0.722. The zero-order valence-corrected chi connectivity index (χ0v) is 9.94. The summed E-state index contributed by atoms with van der Waals surface area (Å²) in [6.45, 7) is 7.18. The SMILES string of the molecule is CCN1CCN(CC(=O)O)CC1.Cl.Cl. The second-order valence-electron chi connectivity index (χ2n) is 3.10. The number of carboxylic acid groups (broad SMARTS) is 1. The zero-order chi connectivity index (χ0) is 8.97. The summed E-state index contributed by atoms with van der Waals surface area (Å²) < 4.78 is 0. The van der Waals surface area contributed by atoms with Crippen molar-refractivity contribution in [3.05, 3.63) is 0 Å². The monoisotopic (exact) mass is 244 g/mol. The van der Waals surface area contributed by atoms with Crippen molar-refractivity contribution in [2.24, 2.45) is 0 Å². The van der Waals surface area contributed by atoms with Gasteiger partial charge in [0.2, 0.25) is 0 Å². The van der Waals surface area contributed by atoms with Crippen molar-refractivity contribution < 1.29 is 9.90 Å². The van der Waals surface area contributed by atoms with Crippen molar-refractivity contribution >= 4 is 30.8 Å². The second-order valence-corrected chi connectivity index (χ2v) is 3.10. The lowest BCUT2D eigenvalue weighted by atomic mass is 10.3. The Kier molecular flexibility index (Phi) is 9.72. The third-order valence-corrected chi connectivity index (χ3v) is 2.27. The number of likely N-dealkylation sites (N-methyl/N-ethyl adjacent to an activating group) is 1. The van der Waals surface area contributed by atoms with Crippen LogP contribution in [-0.4, -0.2) is 60.1 Å².